The van der Waals surface area contributed by atoms with Gasteiger partial charge in [0, 0.05) is 12.6 Å². The van der Waals surface area contributed by atoms with Crippen LogP contribution < -0.4 is 0 Å². The van der Waals surface area contributed by atoms with E-state index in [0.717, 1.165) is 25.7 Å². The number of nitrogens with zero attached hydrogens (tertiary/aromatic N) is 1. The largest absolute Gasteiger partial charge is 0.507 e. The van der Waals surface area contributed by atoms with Crippen LogP contribution in [-0.2, 0) is 0 Å². The highest BCUT2D eigenvalue weighted by molar-refractivity contribution is 5.97. The molecule has 0 aliphatic heterocycles. The predicted molar refractivity (Wildman–Crippen MR) is 67.0 cm³/mol. The first-order valence-corrected chi connectivity index (χ1v) is 6.43. The van der Waals surface area contributed by atoms with Gasteiger partial charge in [-0.1, -0.05) is 19.4 Å². The zero-order valence-corrected chi connectivity index (χ0v) is 10.5. The summed E-state index contributed by atoms with van der Waals surface area (Å²) >= 11 is 0. The molecule has 0 atom stereocenters. The van der Waals surface area contributed by atoms with Crippen molar-refractivity contribution >= 4 is 5.91 Å². The first kappa shape index (κ1) is 12.9. The maximum Gasteiger partial charge on any atom is 0.260 e. The molecule has 1 amide bonds. The Bertz CT molecular complexity index is 423. The van der Waals surface area contributed by atoms with Gasteiger partial charge in [0.15, 0.2) is 0 Å². The van der Waals surface area contributed by atoms with Crippen LogP contribution in [-0.4, -0.2) is 28.5 Å². The number of carbonyl (C=O) groups excluding carboxylic acids is 1. The summed E-state index contributed by atoms with van der Waals surface area (Å²) in [5.41, 5.74) is -0.194. The number of hydrogen-bond acceptors (Lipinski definition) is 2. The molecule has 1 aromatic carbocycles. The minimum atomic E-state index is -0.651. The van der Waals surface area contributed by atoms with Crippen molar-refractivity contribution in [3.05, 3.63) is 29.6 Å². The Kier molecular flexibility index (Phi) is 3.84. The van der Waals surface area contributed by atoms with Crippen LogP contribution in [0.1, 0.15) is 43.0 Å². The van der Waals surface area contributed by atoms with Crippen LogP contribution >= 0.6 is 0 Å². The van der Waals surface area contributed by atoms with Crippen LogP contribution in [0.3, 0.4) is 0 Å². The second-order valence-corrected chi connectivity index (χ2v) is 4.72. The number of carbonyl (C=O) groups is 1. The average Bonchev–Trinajstić information content (AvgIpc) is 3.14. The van der Waals surface area contributed by atoms with Crippen LogP contribution in [0, 0.1) is 5.82 Å². The maximum absolute atomic E-state index is 13.7. The molecule has 18 heavy (non-hydrogen) atoms. The molecule has 1 fully saturated rings. The predicted octanol–water partition coefficient (Wildman–Crippen LogP) is 2.94. The van der Waals surface area contributed by atoms with E-state index in [-0.39, 0.29) is 23.3 Å². The van der Waals surface area contributed by atoms with E-state index in [1.807, 2.05) is 0 Å². The normalized spacial score (nSPS) is 14.6. The van der Waals surface area contributed by atoms with Crippen molar-refractivity contribution in [3.63, 3.8) is 0 Å². The molecule has 1 aliphatic rings. The lowest BCUT2D eigenvalue weighted by atomic mass is 10.1. The van der Waals surface area contributed by atoms with Crippen LogP contribution in [0.25, 0.3) is 0 Å². The molecule has 0 unspecified atom stereocenters. The molecule has 98 valence electrons. The zero-order chi connectivity index (χ0) is 13.1. The minimum absolute atomic E-state index is 0.194. The van der Waals surface area contributed by atoms with E-state index in [2.05, 4.69) is 6.92 Å². The van der Waals surface area contributed by atoms with Crippen molar-refractivity contribution in [1.82, 2.24) is 4.90 Å². The molecule has 0 bridgehead atoms. The van der Waals surface area contributed by atoms with Gasteiger partial charge in [0.25, 0.3) is 5.91 Å². The molecular formula is C14H18FNO2. The van der Waals surface area contributed by atoms with E-state index in [4.69, 9.17) is 0 Å². The molecule has 0 radical (unpaired) electrons. The van der Waals surface area contributed by atoms with Crippen molar-refractivity contribution in [3.8, 4) is 5.75 Å². The van der Waals surface area contributed by atoms with Gasteiger partial charge in [-0.05, 0) is 31.4 Å². The topological polar surface area (TPSA) is 40.5 Å². The number of phenols is 1. The summed E-state index contributed by atoms with van der Waals surface area (Å²) in [5, 5.41) is 9.65. The van der Waals surface area contributed by atoms with E-state index >= 15 is 0 Å². The molecule has 0 heterocycles. The molecular weight excluding hydrogens is 233 g/mol. The van der Waals surface area contributed by atoms with Crippen molar-refractivity contribution in [2.24, 2.45) is 0 Å². The molecule has 4 heteroatoms. The molecule has 0 spiro atoms. The van der Waals surface area contributed by atoms with Crippen LogP contribution in [0.15, 0.2) is 18.2 Å². The second kappa shape index (κ2) is 5.38. The van der Waals surface area contributed by atoms with Crippen LogP contribution in [0.4, 0.5) is 4.39 Å². The Morgan fingerprint density at radius 1 is 1.50 bits per heavy atom. The number of rotatable bonds is 5. The molecule has 0 saturated heterocycles. The highest BCUT2D eigenvalue weighted by Crippen LogP contribution is 2.31. The van der Waals surface area contributed by atoms with Gasteiger partial charge in [-0.15, -0.1) is 0 Å². The van der Waals surface area contributed by atoms with E-state index in [9.17, 15) is 14.3 Å². The number of phenolic OH excluding ortho intramolecular Hbond substituents is 1. The highest BCUT2D eigenvalue weighted by atomic mass is 19.1. The smallest absolute Gasteiger partial charge is 0.260 e. The molecule has 3 nitrogen and oxygen atoms in total. The summed E-state index contributed by atoms with van der Waals surface area (Å²) < 4.78 is 13.7. The summed E-state index contributed by atoms with van der Waals surface area (Å²) in [6, 6.07) is 4.18. The fraction of sp³-hybridized carbons (Fsp3) is 0.500. The van der Waals surface area contributed by atoms with E-state index < -0.39 is 5.82 Å². The maximum atomic E-state index is 13.7. The van der Waals surface area contributed by atoms with Gasteiger partial charge in [0.1, 0.15) is 17.1 Å². The first-order chi connectivity index (χ1) is 8.65. The van der Waals surface area contributed by atoms with Gasteiger partial charge >= 0.3 is 0 Å². The lowest BCUT2D eigenvalue weighted by Crippen LogP contribution is -2.34. The van der Waals surface area contributed by atoms with Crippen molar-refractivity contribution in [2.75, 3.05) is 6.54 Å². The van der Waals surface area contributed by atoms with Crippen molar-refractivity contribution in [1.29, 1.82) is 0 Å². The molecule has 1 saturated carbocycles. The van der Waals surface area contributed by atoms with Gasteiger partial charge in [-0.2, -0.15) is 0 Å². The third kappa shape index (κ3) is 2.63. The Labute approximate surface area is 106 Å². The number of unbranched alkanes of at least 4 members (excludes halogenated alkanes) is 1. The molecule has 2 rings (SSSR count). The summed E-state index contributed by atoms with van der Waals surface area (Å²) in [6.45, 7) is 2.68. The lowest BCUT2D eigenvalue weighted by Gasteiger charge is -2.22. The van der Waals surface area contributed by atoms with E-state index in [0.29, 0.717) is 6.54 Å². The monoisotopic (exact) mass is 251 g/mol. The van der Waals surface area contributed by atoms with E-state index in [1.54, 1.807) is 4.90 Å². The number of amides is 1. The number of aromatic hydroxyl groups is 1. The average molecular weight is 251 g/mol. The summed E-state index contributed by atoms with van der Waals surface area (Å²) in [5.74, 6) is -1.31. The molecule has 1 aliphatic carbocycles. The third-order valence-electron chi connectivity index (χ3n) is 3.21. The van der Waals surface area contributed by atoms with Gasteiger partial charge in [0.2, 0.25) is 0 Å². The summed E-state index contributed by atoms with van der Waals surface area (Å²) in [7, 11) is 0. The molecule has 1 N–H and O–H groups in total. The number of halogens is 1. The fourth-order valence-corrected chi connectivity index (χ4v) is 2.03. The van der Waals surface area contributed by atoms with Gasteiger partial charge < -0.3 is 10.0 Å². The Morgan fingerprint density at radius 2 is 2.22 bits per heavy atom. The Morgan fingerprint density at radius 3 is 2.78 bits per heavy atom. The molecule has 0 aromatic heterocycles. The quantitative estimate of drug-likeness (QED) is 0.874. The van der Waals surface area contributed by atoms with Crippen molar-refractivity contribution in [2.45, 2.75) is 38.6 Å². The van der Waals surface area contributed by atoms with Crippen LogP contribution in [0.2, 0.25) is 0 Å². The minimum Gasteiger partial charge on any atom is -0.507 e. The van der Waals surface area contributed by atoms with Crippen LogP contribution in [0.5, 0.6) is 5.75 Å². The fourth-order valence-electron chi connectivity index (χ4n) is 2.03. The zero-order valence-electron chi connectivity index (χ0n) is 10.5. The standard InChI is InChI=1S/C14H18FNO2/c1-2-3-9-16(10-7-8-10)14(18)13-11(15)5-4-6-12(13)17/h4-6,10,17H,2-3,7-9H2,1H3. The Balaban J connectivity index is 2.22. The third-order valence-corrected chi connectivity index (χ3v) is 3.21. The number of benzene rings is 1. The summed E-state index contributed by atoms with van der Waals surface area (Å²) in [6.07, 6.45) is 3.84. The number of hydrogen-bond donors (Lipinski definition) is 1. The molecule has 1 aromatic rings. The van der Waals surface area contributed by atoms with E-state index in [1.165, 1.54) is 18.2 Å². The van der Waals surface area contributed by atoms with Gasteiger partial charge in [0.05, 0.1) is 0 Å². The Hall–Kier alpha value is -1.58. The lowest BCUT2D eigenvalue weighted by molar-refractivity contribution is 0.0732. The highest BCUT2D eigenvalue weighted by Gasteiger charge is 2.34. The second-order valence-electron chi connectivity index (χ2n) is 4.72. The van der Waals surface area contributed by atoms with Gasteiger partial charge in [-0.3, -0.25) is 4.79 Å². The first-order valence-electron chi connectivity index (χ1n) is 6.43. The van der Waals surface area contributed by atoms with Crippen molar-refractivity contribution < 1.29 is 14.3 Å². The summed E-state index contributed by atoms with van der Waals surface area (Å²) in [4.78, 5) is 14.0. The van der Waals surface area contributed by atoms with Gasteiger partial charge in [-0.25, -0.2) is 4.39 Å². The SMILES string of the molecule is CCCCN(C(=O)c1c(O)cccc1F)C1CC1.